The second-order valence-electron chi connectivity index (χ2n) is 6.31. The Kier molecular flexibility index (Phi) is 5.33. The largest absolute Gasteiger partial charge is 0.462 e. The van der Waals surface area contributed by atoms with Crippen molar-refractivity contribution in [3.05, 3.63) is 33.8 Å². The zero-order valence-corrected chi connectivity index (χ0v) is 15.0. The number of imide groups is 1. The molecular weight excluding hydrogens is 374 g/mol. The van der Waals surface area contributed by atoms with E-state index in [9.17, 15) is 14.4 Å². The van der Waals surface area contributed by atoms with Gasteiger partial charge in [-0.1, -0.05) is 22.4 Å². The van der Waals surface area contributed by atoms with E-state index in [1.54, 1.807) is 18.2 Å². The lowest BCUT2D eigenvalue weighted by molar-refractivity contribution is -0.150. The first-order valence-electron chi connectivity index (χ1n) is 8.41. The van der Waals surface area contributed by atoms with Crippen LogP contribution in [0.4, 0.5) is 0 Å². The second kappa shape index (κ2) is 7.47. The Labute approximate surface area is 149 Å². The molecule has 24 heavy (non-hydrogen) atoms. The van der Waals surface area contributed by atoms with Crippen LogP contribution in [0.1, 0.15) is 65.7 Å². The Morgan fingerprint density at radius 1 is 1.12 bits per heavy atom. The Hall–Kier alpha value is -1.69. The van der Waals surface area contributed by atoms with E-state index in [0.29, 0.717) is 17.5 Å². The van der Waals surface area contributed by atoms with Gasteiger partial charge in [-0.25, -0.2) is 0 Å². The zero-order chi connectivity index (χ0) is 17.1. The second-order valence-corrected chi connectivity index (χ2v) is 7.22. The molecule has 5 nitrogen and oxygen atoms in total. The summed E-state index contributed by atoms with van der Waals surface area (Å²) < 4.78 is 6.22. The maximum Gasteiger partial charge on any atom is 0.306 e. The number of amides is 2. The number of hydrogen-bond acceptors (Lipinski definition) is 4. The summed E-state index contributed by atoms with van der Waals surface area (Å²) in [6.07, 6.45) is 6.03. The highest BCUT2D eigenvalue weighted by Crippen LogP contribution is 2.26. The average molecular weight is 394 g/mol. The molecule has 0 unspecified atom stereocenters. The van der Waals surface area contributed by atoms with Crippen LogP contribution in [0.25, 0.3) is 0 Å². The molecule has 1 saturated carbocycles. The molecule has 1 aromatic carbocycles. The fourth-order valence-corrected chi connectivity index (χ4v) is 3.64. The van der Waals surface area contributed by atoms with Crippen molar-refractivity contribution in [2.45, 2.75) is 51.0 Å². The summed E-state index contributed by atoms with van der Waals surface area (Å²) in [5.41, 5.74) is 0.840. The summed E-state index contributed by atoms with van der Waals surface area (Å²) in [6, 6.07) is 5.05. The quantitative estimate of drug-likeness (QED) is 0.564. The van der Waals surface area contributed by atoms with Crippen molar-refractivity contribution in [1.82, 2.24) is 4.90 Å². The van der Waals surface area contributed by atoms with Gasteiger partial charge < -0.3 is 4.74 Å². The number of carbonyl (C=O) groups is 3. The van der Waals surface area contributed by atoms with Gasteiger partial charge in [-0.3, -0.25) is 19.3 Å². The van der Waals surface area contributed by atoms with Gasteiger partial charge >= 0.3 is 5.97 Å². The van der Waals surface area contributed by atoms with Gasteiger partial charge in [-0.05, 0) is 50.3 Å². The summed E-state index contributed by atoms with van der Waals surface area (Å²) in [6.45, 7) is 0.240. The lowest BCUT2D eigenvalue weighted by Gasteiger charge is -2.22. The Morgan fingerprint density at radius 3 is 2.58 bits per heavy atom. The molecule has 0 aromatic heterocycles. The molecule has 0 saturated heterocycles. The van der Waals surface area contributed by atoms with Crippen LogP contribution >= 0.6 is 15.9 Å². The molecule has 0 spiro atoms. The monoisotopic (exact) mass is 393 g/mol. The minimum Gasteiger partial charge on any atom is -0.462 e. The van der Waals surface area contributed by atoms with Gasteiger partial charge in [0.05, 0.1) is 11.1 Å². The molecule has 1 fully saturated rings. The normalized spacial score (nSPS) is 18.0. The third kappa shape index (κ3) is 3.69. The predicted molar refractivity (Wildman–Crippen MR) is 91.7 cm³/mol. The number of hydrogen-bond donors (Lipinski definition) is 0. The number of carbonyl (C=O) groups excluding carboxylic acids is 3. The van der Waals surface area contributed by atoms with E-state index in [1.807, 2.05) is 0 Å². The molecule has 0 N–H and O–H groups in total. The highest BCUT2D eigenvalue weighted by Gasteiger charge is 2.35. The van der Waals surface area contributed by atoms with Crippen LogP contribution in [0.2, 0.25) is 0 Å². The molecule has 3 rings (SSSR count). The molecule has 128 valence electrons. The van der Waals surface area contributed by atoms with Crippen molar-refractivity contribution >= 4 is 33.7 Å². The van der Waals surface area contributed by atoms with E-state index in [-0.39, 0.29) is 36.9 Å². The number of benzene rings is 1. The first-order chi connectivity index (χ1) is 11.6. The number of rotatable bonds is 5. The van der Waals surface area contributed by atoms with Crippen molar-refractivity contribution in [2.75, 3.05) is 6.54 Å². The molecular formula is C18H20BrNO4. The van der Waals surface area contributed by atoms with Gasteiger partial charge in [0, 0.05) is 17.4 Å². The predicted octanol–water partition coefficient (Wildman–Crippen LogP) is 3.70. The molecule has 1 heterocycles. The highest BCUT2D eigenvalue weighted by atomic mass is 79.9. The van der Waals surface area contributed by atoms with Crippen LogP contribution in [0.5, 0.6) is 0 Å². The summed E-state index contributed by atoms with van der Waals surface area (Å²) >= 11 is 3.31. The van der Waals surface area contributed by atoms with E-state index in [1.165, 1.54) is 11.3 Å². The fraction of sp³-hybridized carbons (Fsp3) is 0.500. The Bertz CT molecular complexity index is 667. The van der Waals surface area contributed by atoms with Gasteiger partial charge in [-0.2, -0.15) is 0 Å². The van der Waals surface area contributed by atoms with Gasteiger partial charge in [0.2, 0.25) is 0 Å². The van der Waals surface area contributed by atoms with Crippen LogP contribution in [0.3, 0.4) is 0 Å². The van der Waals surface area contributed by atoms with E-state index in [0.717, 1.165) is 30.2 Å². The summed E-state index contributed by atoms with van der Waals surface area (Å²) in [4.78, 5) is 37.7. The first-order valence-corrected chi connectivity index (χ1v) is 9.21. The van der Waals surface area contributed by atoms with Crippen LogP contribution in [-0.2, 0) is 9.53 Å². The van der Waals surface area contributed by atoms with E-state index >= 15 is 0 Å². The lowest BCUT2D eigenvalue weighted by Crippen LogP contribution is -2.31. The van der Waals surface area contributed by atoms with Crippen LogP contribution in [0, 0.1) is 0 Å². The molecule has 0 radical (unpaired) electrons. The van der Waals surface area contributed by atoms with Crippen LogP contribution < -0.4 is 0 Å². The van der Waals surface area contributed by atoms with E-state index < -0.39 is 0 Å². The van der Waals surface area contributed by atoms with Gasteiger partial charge in [0.15, 0.2) is 0 Å². The molecule has 1 aliphatic heterocycles. The molecule has 1 aliphatic carbocycles. The number of halogens is 1. The average Bonchev–Trinajstić information content (AvgIpc) is 2.80. The van der Waals surface area contributed by atoms with Crippen LogP contribution in [-0.4, -0.2) is 35.3 Å². The van der Waals surface area contributed by atoms with Crippen molar-refractivity contribution in [3.8, 4) is 0 Å². The Balaban J connectivity index is 1.49. The van der Waals surface area contributed by atoms with E-state index in [4.69, 9.17) is 4.74 Å². The van der Waals surface area contributed by atoms with Gasteiger partial charge in [0.1, 0.15) is 6.10 Å². The molecule has 2 aliphatic rings. The summed E-state index contributed by atoms with van der Waals surface area (Å²) in [5, 5.41) is 0. The molecule has 0 atom stereocenters. The number of fused-ring (bicyclic) bond motifs is 1. The standard InChI is InChI=1S/C18H20BrNO4/c19-12-8-9-14-15(11-12)18(23)20(17(14)22)10-4-7-16(21)24-13-5-2-1-3-6-13/h8-9,11,13H,1-7,10H2. The Morgan fingerprint density at radius 2 is 1.83 bits per heavy atom. The summed E-state index contributed by atoms with van der Waals surface area (Å²) in [5.74, 6) is -0.818. The minimum absolute atomic E-state index is 0.0444. The number of esters is 1. The van der Waals surface area contributed by atoms with Gasteiger partial charge in [0.25, 0.3) is 11.8 Å². The number of nitrogens with zero attached hydrogens (tertiary/aromatic N) is 1. The maximum atomic E-state index is 12.3. The molecule has 0 bridgehead atoms. The zero-order valence-electron chi connectivity index (χ0n) is 13.4. The van der Waals surface area contributed by atoms with Crippen molar-refractivity contribution < 1.29 is 19.1 Å². The van der Waals surface area contributed by atoms with E-state index in [2.05, 4.69) is 15.9 Å². The van der Waals surface area contributed by atoms with Crippen molar-refractivity contribution in [2.24, 2.45) is 0 Å². The minimum atomic E-state index is -0.294. The van der Waals surface area contributed by atoms with Crippen LogP contribution in [0.15, 0.2) is 22.7 Å². The maximum absolute atomic E-state index is 12.3. The topological polar surface area (TPSA) is 63.7 Å². The molecule has 1 aromatic rings. The third-order valence-electron chi connectivity index (χ3n) is 4.55. The SMILES string of the molecule is O=C(CCCN1C(=O)c2ccc(Br)cc2C1=O)OC1CCCCC1. The lowest BCUT2D eigenvalue weighted by atomic mass is 9.98. The van der Waals surface area contributed by atoms with Crippen molar-refractivity contribution in [3.63, 3.8) is 0 Å². The fourth-order valence-electron chi connectivity index (χ4n) is 3.28. The highest BCUT2D eigenvalue weighted by molar-refractivity contribution is 9.10. The van der Waals surface area contributed by atoms with Crippen molar-refractivity contribution in [1.29, 1.82) is 0 Å². The number of ether oxygens (including phenoxy) is 1. The molecule has 2 amide bonds. The first kappa shape index (κ1) is 17.1. The third-order valence-corrected chi connectivity index (χ3v) is 5.04. The smallest absolute Gasteiger partial charge is 0.306 e. The van der Waals surface area contributed by atoms with Gasteiger partial charge in [-0.15, -0.1) is 0 Å². The molecule has 6 heteroatoms. The summed E-state index contributed by atoms with van der Waals surface area (Å²) in [7, 11) is 0.